The molecule has 32 heavy (non-hydrogen) atoms. The molecule has 1 aliphatic rings. The Morgan fingerprint density at radius 1 is 1.00 bits per heavy atom. The van der Waals surface area contributed by atoms with Crippen molar-refractivity contribution < 1.29 is 4.79 Å². The number of aromatic amines is 1. The van der Waals surface area contributed by atoms with Gasteiger partial charge >= 0.3 is 0 Å². The minimum atomic E-state index is 0.218. The molecule has 4 heteroatoms. The fraction of sp³-hybridized carbons (Fsp3) is 0.286. The van der Waals surface area contributed by atoms with Crippen molar-refractivity contribution >= 4 is 16.8 Å². The highest BCUT2D eigenvalue weighted by Gasteiger charge is 2.25. The van der Waals surface area contributed by atoms with E-state index in [-0.39, 0.29) is 5.91 Å². The molecule has 0 saturated carbocycles. The number of fused-ring (bicyclic) bond motifs is 1. The summed E-state index contributed by atoms with van der Waals surface area (Å²) < 4.78 is 0. The number of pyridine rings is 1. The summed E-state index contributed by atoms with van der Waals surface area (Å²) >= 11 is 0. The average molecular weight is 424 g/mol. The summed E-state index contributed by atoms with van der Waals surface area (Å²) in [7, 11) is 0. The van der Waals surface area contributed by atoms with Crippen LogP contribution in [0.15, 0.2) is 72.9 Å². The van der Waals surface area contributed by atoms with Crippen LogP contribution < -0.4 is 0 Å². The molecule has 1 amide bonds. The highest BCUT2D eigenvalue weighted by Crippen LogP contribution is 2.29. The van der Waals surface area contributed by atoms with E-state index in [2.05, 4.69) is 66.5 Å². The minimum absolute atomic E-state index is 0.218. The third-order valence-corrected chi connectivity index (χ3v) is 6.57. The third-order valence-electron chi connectivity index (χ3n) is 6.57. The molecule has 1 saturated heterocycles. The lowest BCUT2D eigenvalue weighted by atomic mass is 9.91. The minimum Gasteiger partial charge on any atom is -0.361 e. The lowest BCUT2D eigenvalue weighted by Gasteiger charge is -2.32. The molecule has 0 unspecified atom stereocenters. The Bertz CT molecular complexity index is 1220. The zero-order chi connectivity index (χ0) is 21.9. The van der Waals surface area contributed by atoms with Gasteiger partial charge in [0.2, 0.25) is 5.91 Å². The van der Waals surface area contributed by atoms with E-state index >= 15 is 0 Å². The molecule has 0 atom stereocenters. The number of nitrogens with zero attached hydrogens (tertiary/aromatic N) is 2. The van der Waals surface area contributed by atoms with E-state index in [9.17, 15) is 4.79 Å². The van der Waals surface area contributed by atoms with Crippen molar-refractivity contribution in [1.82, 2.24) is 14.9 Å². The molecule has 1 fully saturated rings. The second-order valence-electron chi connectivity index (χ2n) is 8.90. The molecular formula is C28H29N3O. The molecule has 0 spiro atoms. The first-order chi connectivity index (χ1) is 15.7. The molecule has 0 bridgehead atoms. The zero-order valence-electron chi connectivity index (χ0n) is 18.6. The van der Waals surface area contributed by atoms with Crippen molar-refractivity contribution in [3.05, 3.63) is 101 Å². The number of benzene rings is 2. The predicted octanol–water partition coefficient (Wildman–Crippen LogP) is 5.41. The number of hydrogen-bond acceptors (Lipinski definition) is 2. The van der Waals surface area contributed by atoms with Gasteiger partial charge in [-0.15, -0.1) is 0 Å². The number of hydrogen-bond donors (Lipinski definition) is 1. The van der Waals surface area contributed by atoms with Crippen molar-refractivity contribution in [3.63, 3.8) is 0 Å². The molecule has 2 aromatic heterocycles. The number of carbonyl (C=O) groups is 1. The summed E-state index contributed by atoms with van der Waals surface area (Å²) in [5.41, 5.74) is 7.06. The van der Waals surface area contributed by atoms with Crippen molar-refractivity contribution in [2.24, 2.45) is 0 Å². The van der Waals surface area contributed by atoms with E-state index in [0.717, 1.165) is 54.5 Å². The van der Waals surface area contributed by atoms with Gasteiger partial charge in [-0.05, 0) is 61.1 Å². The molecule has 5 rings (SSSR count). The van der Waals surface area contributed by atoms with Crippen LogP contribution >= 0.6 is 0 Å². The van der Waals surface area contributed by atoms with Gasteiger partial charge in [-0.25, -0.2) is 0 Å². The van der Waals surface area contributed by atoms with Gasteiger partial charge in [-0.2, -0.15) is 0 Å². The first-order valence-electron chi connectivity index (χ1n) is 11.5. The van der Waals surface area contributed by atoms with Gasteiger partial charge in [0, 0.05) is 47.5 Å². The molecule has 4 nitrogen and oxygen atoms in total. The molecule has 1 aliphatic heterocycles. The van der Waals surface area contributed by atoms with Gasteiger partial charge in [-0.3, -0.25) is 9.78 Å². The quantitative estimate of drug-likeness (QED) is 0.466. The Labute approximate surface area is 189 Å². The Balaban J connectivity index is 1.23. The average Bonchev–Trinajstić information content (AvgIpc) is 3.22. The fourth-order valence-electron chi connectivity index (χ4n) is 4.89. The lowest BCUT2D eigenvalue weighted by molar-refractivity contribution is -0.131. The number of carbonyl (C=O) groups excluding carboxylic acids is 1. The number of aryl methyl sites for hydroxylation is 1. The fourth-order valence-corrected chi connectivity index (χ4v) is 4.89. The summed E-state index contributed by atoms with van der Waals surface area (Å²) in [5.74, 6) is 0.636. The van der Waals surface area contributed by atoms with Crippen LogP contribution in [0.25, 0.3) is 10.9 Å². The van der Waals surface area contributed by atoms with E-state index in [1.54, 1.807) is 0 Å². The van der Waals surface area contributed by atoms with Crippen LogP contribution in [0.4, 0.5) is 0 Å². The van der Waals surface area contributed by atoms with Crippen molar-refractivity contribution in [2.45, 2.75) is 38.5 Å². The first kappa shape index (κ1) is 20.5. The van der Waals surface area contributed by atoms with Crippen LogP contribution in [-0.2, 0) is 17.6 Å². The number of likely N-dealkylation sites (tertiary alicyclic amines) is 1. The SMILES string of the molecule is Cc1cc(Cc2ccccc2)cc(C2CCN(C(=O)Cc3c[nH]c4ccccc34)CC2)n1. The molecule has 2 aromatic carbocycles. The second-order valence-corrected chi connectivity index (χ2v) is 8.90. The number of rotatable bonds is 5. The zero-order valence-corrected chi connectivity index (χ0v) is 18.6. The molecular weight excluding hydrogens is 394 g/mol. The largest absolute Gasteiger partial charge is 0.361 e. The summed E-state index contributed by atoms with van der Waals surface area (Å²) in [6, 6.07) is 23.2. The van der Waals surface area contributed by atoms with Gasteiger partial charge in [0.15, 0.2) is 0 Å². The maximum atomic E-state index is 13.0. The molecule has 4 aromatic rings. The van der Waals surface area contributed by atoms with E-state index in [1.165, 1.54) is 16.8 Å². The maximum Gasteiger partial charge on any atom is 0.227 e. The Kier molecular flexibility index (Phi) is 5.76. The van der Waals surface area contributed by atoms with Gasteiger partial charge < -0.3 is 9.88 Å². The normalized spacial score (nSPS) is 14.7. The smallest absolute Gasteiger partial charge is 0.227 e. The summed E-state index contributed by atoms with van der Waals surface area (Å²) in [5, 5.41) is 1.14. The number of aromatic nitrogens is 2. The number of H-pyrrole nitrogens is 1. The van der Waals surface area contributed by atoms with Gasteiger partial charge in [-0.1, -0.05) is 48.5 Å². The first-order valence-corrected chi connectivity index (χ1v) is 11.5. The monoisotopic (exact) mass is 423 g/mol. The van der Waals surface area contributed by atoms with E-state index in [0.29, 0.717) is 12.3 Å². The highest BCUT2D eigenvalue weighted by molar-refractivity contribution is 5.88. The van der Waals surface area contributed by atoms with E-state index in [1.807, 2.05) is 23.2 Å². The van der Waals surface area contributed by atoms with Gasteiger partial charge in [0.25, 0.3) is 0 Å². The van der Waals surface area contributed by atoms with E-state index < -0.39 is 0 Å². The van der Waals surface area contributed by atoms with Crippen LogP contribution in [0.3, 0.4) is 0 Å². The van der Waals surface area contributed by atoms with Crippen LogP contribution in [0.1, 0.15) is 46.8 Å². The summed E-state index contributed by atoms with van der Waals surface area (Å²) in [6.07, 6.45) is 5.31. The number of piperidine rings is 1. The highest BCUT2D eigenvalue weighted by atomic mass is 16.2. The molecule has 1 N–H and O–H groups in total. The lowest BCUT2D eigenvalue weighted by Crippen LogP contribution is -2.38. The number of para-hydroxylation sites is 1. The van der Waals surface area contributed by atoms with Crippen molar-refractivity contribution in [3.8, 4) is 0 Å². The van der Waals surface area contributed by atoms with Crippen LogP contribution in [0, 0.1) is 6.92 Å². The summed E-state index contributed by atoms with van der Waals surface area (Å²) in [4.78, 5) is 23.1. The molecule has 0 aliphatic carbocycles. The van der Waals surface area contributed by atoms with Crippen LogP contribution in [-0.4, -0.2) is 33.9 Å². The second kappa shape index (κ2) is 8.99. The summed E-state index contributed by atoms with van der Waals surface area (Å²) in [6.45, 7) is 3.68. The van der Waals surface area contributed by atoms with Crippen LogP contribution in [0.2, 0.25) is 0 Å². The third kappa shape index (κ3) is 4.45. The Morgan fingerprint density at radius 2 is 1.75 bits per heavy atom. The standard InChI is InChI=1S/C28H29N3O/c1-20-15-22(16-21-7-3-2-4-8-21)17-27(30-20)23-11-13-31(14-12-23)28(32)18-24-19-29-26-10-6-5-9-25(24)26/h2-10,15,17,19,23,29H,11-14,16,18H2,1H3. The Morgan fingerprint density at radius 3 is 2.56 bits per heavy atom. The van der Waals surface area contributed by atoms with Crippen molar-refractivity contribution in [1.29, 1.82) is 0 Å². The Hall–Kier alpha value is -3.40. The van der Waals surface area contributed by atoms with Gasteiger partial charge in [0.1, 0.15) is 0 Å². The molecule has 3 heterocycles. The maximum absolute atomic E-state index is 13.0. The van der Waals surface area contributed by atoms with Gasteiger partial charge in [0.05, 0.1) is 6.42 Å². The topological polar surface area (TPSA) is 49.0 Å². The molecule has 0 radical (unpaired) electrons. The predicted molar refractivity (Wildman–Crippen MR) is 129 cm³/mol. The number of nitrogens with one attached hydrogen (secondary N) is 1. The van der Waals surface area contributed by atoms with E-state index in [4.69, 9.17) is 4.98 Å². The van der Waals surface area contributed by atoms with Crippen LogP contribution in [0.5, 0.6) is 0 Å². The van der Waals surface area contributed by atoms with Crippen molar-refractivity contribution in [2.75, 3.05) is 13.1 Å². The molecule has 162 valence electrons. The number of amides is 1.